The van der Waals surface area contributed by atoms with Crippen LogP contribution in [0.3, 0.4) is 0 Å². The van der Waals surface area contributed by atoms with Crippen molar-refractivity contribution in [2.75, 3.05) is 6.61 Å². The Hall–Kier alpha value is -1.50. The molecule has 0 saturated heterocycles. The molecule has 5 atom stereocenters. The van der Waals surface area contributed by atoms with E-state index in [0.717, 1.165) is 37.7 Å². The van der Waals surface area contributed by atoms with Crippen LogP contribution in [0, 0.1) is 40.8 Å². The fourth-order valence-electron chi connectivity index (χ4n) is 8.03. The highest BCUT2D eigenvalue weighted by Crippen LogP contribution is 2.60. The largest absolute Gasteiger partial charge is 0.436 e. The normalized spacial score (nSPS) is 43.4. The molecular weight excluding hydrogens is 421 g/mol. The molecule has 6 aliphatic rings. The summed E-state index contributed by atoms with van der Waals surface area (Å²) in [6.45, 7) is 2.53. The first-order chi connectivity index (χ1) is 15.8. The van der Waals surface area contributed by atoms with Crippen LogP contribution in [-0.2, 0) is 25.6 Å². The van der Waals surface area contributed by atoms with Crippen LogP contribution in [0.4, 0.5) is 4.39 Å². The topological polar surface area (TPSA) is 70.8 Å². The Morgan fingerprint density at radius 3 is 2.33 bits per heavy atom. The number of carbonyl (C=O) groups is 1. The smallest absolute Gasteiger partial charge is 0.314 e. The Morgan fingerprint density at radius 1 is 1.06 bits per heavy atom. The number of nitrogens with two attached hydrogens (primary N) is 1. The summed E-state index contributed by atoms with van der Waals surface area (Å²) >= 11 is 0. The third kappa shape index (κ3) is 4.02. The van der Waals surface area contributed by atoms with E-state index in [1.807, 2.05) is 6.92 Å². The van der Waals surface area contributed by atoms with Crippen molar-refractivity contribution in [1.29, 1.82) is 0 Å². The fraction of sp³-hybridized carbons (Fsp3) is 0.741. The Bertz CT molecular complexity index is 869. The highest BCUT2D eigenvalue weighted by molar-refractivity contribution is 5.77. The van der Waals surface area contributed by atoms with Crippen LogP contribution in [0.15, 0.2) is 24.3 Å². The Labute approximate surface area is 195 Å². The van der Waals surface area contributed by atoms with Crippen LogP contribution >= 0.6 is 0 Å². The van der Waals surface area contributed by atoms with Gasteiger partial charge in [0.25, 0.3) is 0 Å². The molecule has 33 heavy (non-hydrogen) atoms. The highest BCUT2D eigenvalue weighted by Gasteiger charge is 2.62. The van der Waals surface area contributed by atoms with Crippen LogP contribution < -0.4 is 5.73 Å². The van der Waals surface area contributed by atoms with Gasteiger partial charge in [-0.1, -0.05) is 12.1 Å². The van der Waals surface area contributed by atoms with E-state index in [1.54, 1.807) is 12.1 Å². The van der Waals surface area contributed by atoms with Gasteiger partial charge in [0.2, 0.25) is 0 Å². The summed E-state index contributed by atoms with van der Waals surface area (Å²) < 4.78 is 31.3. The van der Waals surface area contributed by atoms with Gasteiger partial charge in [0, 0.05) is 0 Å². The van der Waals surface area contributed by atoms with E-state index < -0.39 is 11.8 Å². The van der Waals surface area contributed by atoms with Crippen molar-refractivity contribution in [1.82, 2.24) is 0 Å². The summed E-state index contributed by atoms with van der Waals surface area (Å²) in [7, 11) is 0. The van der Waals surface area contributed by atoms with E-state index in [1.165, 1.54) is 31.4 Å². The van der Waals surface area contributed by atoms with Crippen molar-refractivity contribution in [3.05, 3.63) is 35.6 Å². The van der Waals surface area contributed by atoms with Crippen molar-refractivity contribution in [3.63, 3.8) is 0 Å². The van der Waals surface area contributed by atoms with Gasteiger partial charge in [-0.3, -0.25) is 4.79 Å². The minimum Gasteiger partial charge on any atom is -0.436 e. The lowest BCUT2D eigenvalue weighted by atomic mass is 9.49. The third-order valence-corrected chi connectivity index (χ3v) is 9.41. The molecule has 0 amide bonds. The van der Waals surface area contributed by atoms with Crippen LogP contribution in [0.2, 0.25) is 0 Å². The zero-order valence-electron chi connectivity index (χ0n) is 19.5. The lowest BCUT2D eigenvalue weighted by molar-refractivity contribution is -0.203. The number of carbonyl (C=O) groups excluding carboxylic acids is 1. The predicted molar refractivity (Wildman–Crippen MR) is 120 cm³/mol. The lowest BCUT2D eigenvalue weighted by Gasteiger charge is -2.55. The average molecular weight is 458 g/mol. The van der Waals surface area contributed by atoms with Gasteiger partial charge in [-0.25, -0.2) is 4.39 Å². The van der Waals surface area contributed by atoms with Crippen molar-refractivity contribution >= 4 is 5.97 Å². The van der Waals surface area contributed by atoms with Crippen LogP contribution in [-0.4, -0.2) is 30.5 Å². The Balaban J connectivity index is 1.04. The van der Waals surface area contributed by atoms with Gasteiger partial charge in [0.05, 0.1) is 30.3 Å². The van der Waals surface area contributed by atoms with E-state index in [0.29, 0.717) is 42.8 Å². The summed E-state index contributed by atoms with van der Waals surface area (Å²) in [6.07, 6.45) is 8.20. The molecule has 0 unspecified atom stereocenters. The second-order valence-electron chi connectivity index (χ2n) is 11.9. The van der Waals surface area contributed by atoms with E-state index >= 15 is 0 Å². The van der Waals surface area contributed by atoms with Crippen LogP contribution in [0.5, 0.6) is 0 Å². The van der Waals surface area contributed by atoms with E-state index in [9.17, 15) is 9.18 Å². The minimum absolute atomic E-state index is 0.0556. The zero-order chi connectivity index (χ0) is 22.8. The molecule has 2 N–H and O–H groups in total. The van der Waals surface area contributed by atoms with Gasteiger partial charge >= 0.3 is 5.97 Å². The second-order valence-corrected chi connectivity index (χ2v) is 11.9. The first kappa shape index (κ1) is 22.0. The molecule has 7 rings (SSSR count). The number of halogens is 1. The van der Waals surface area contributed by atoms with Gasteiger partial charge in [0.1, 0.15) is 5.82 Å². The fourth-order valence-corrected chi connectivity index (χ4v) is 8.03. The number of fused-ring (bicyclic) bond motifs is 1. The molecule has 5 nitrogen and oxygen atoms in total. The zero-order valence-corrected chi connectivity index (χ0v) is 19.5. The number of rotatable bonds is 8. The summed E-state index contributed by atoms with van der Waals surface area (Å²) in [5.74, 6) is 2.79. The van der Waals surface area contributed by atoms with Crippen molar-refractivity contribution in [2.24, 2.45) is 40.7 Å². The van der Waals surface area contributed by atoms with Gasteiger partial charge < -0.3 is 19.9 Å². The standard InChI is InChI=1S/C27H36FNO4/c1-16(33-25(30)26-11-18-6-19(12-26)8-20(7-18)13-26)32-15-27(29)23-9-21(23)10-24(27)31-14-17-2-4-22(28)5-3-17/h2-5,16,18-21,23-24H,6-15,29H2,1H3/t16-,18?,19?,20?,21-,23-,24-,26?,27-/m1/s1. The maximum Gasteiger partial charge on any atom is 0.314 e. The third-order valence-electron chi connectivity index (χ3n) is 9.41. The molecule has 0 radical (unpaired) electrons. The number of ether oxygens (including phenoxy) is 3. The molecule has 6 fully saturated rings. The predicted octanol–water partition coefficient (Wildman–Crippen LogP) is 4.57. The van der Waals surface area contributed by atoms with Crippen LogP contribution in [0.1, 0.15) is 63.9 Å². The molecule has 6 saturated carbocycles. The molecule has 0 aliphatic heterocycles. The molecule has 4 bridgehead atoms. The van der Waals surface area contributed by atoms with Crippen molar-refractivity contribution in [3.8, 4) is 0 Å². The number of benzene rings is 1. The average Bonchev–Trinajstić information content (AvgIpc) is 3.50. The molecule has 6 aliphatic carbocycles. The van der Waals surface area contributed by atoms with Gasteiger partial charge in [0.15, 0.2) is 6.29 Å². The molecule has 6 heteroatoms. The van der Waals surface area contributed by atoms with Crippen molar-refractivity contribution in [2.45, 2.75) is 82.8 Å². The number of hydrogen-bond acceptors (Lipinski definition) is 5. The van der Waals surface area contributed by atoms with Gasteiger partial charge in [-0.15, -0.1) is 0 Å². The summed E-state index contributed by atoms with van der Waals surface area (Å²) in [5.41, 5.74) is 6.93. The highest BCUT2D eigenvalue weighted by atomic mass is 19.1. The number of esters is 1. The first-order valence-electron chi connectivity index (χ1n) is 12.8. The number of hydrogen-bond donors (Lipinski definition) is 1. The quantitative estimate of drug-likeness (QED) is 0.457. The molecule has 0 spiro atoms. The summed E-state index contributed by atoms with van der Waals surface area (Å²) in [6, 6.07) is 6.38. The maximum atomic E-state index is 13.2. The molecule has 180 valence electrons. The molecule has 1 aromatic rings. The van der Waals surface area contributed by atoms with Gasteiger partial charge in [-0.2, -0.15) is 0 Å². The molecule has 1 aromatic carbocycles. The van der Waals surface area contributed by atoms with Crippen molar-refractivity contribution < 1.29 is 23.4 Å². The minimum atomic E-state index is -0.610. The maximum absolute atomic E-state index is 13.2. The molecular formula is C27H36FNO4. The first-order valence-corrected chi connectivity index (χ1v) is 12.8. The van der Waals surface area contributed by atoms with E-state index in [-0.39, 0.29) is 23.3 Å². The van der Waals surface area contributed by atoms with Gasteiger partial charge in [-0.05, 0) is 106 Å². The van der Waals surface area contributed by atoms with Crippen LogP contribution in [0.25, 0.3) is 0 Å². The molecule has 0 aromatic heterocycles. The lowest BCUT2D eigenvalue weighted by Crippen LogP contribution is -2.56. The monoisotopic (exact) mass is 457 g/mol. The molecule has 0 heterocycles. The Kier molecular flexibility index (Phi) is 5.35. The summed E-state index contributed by atoms with van der Waals surface area (Å²) in [4.78, 5) is 13.2. The van der Waals surface area contributed by atoms with E-state index in [4.69, 9.17) is 19.9 Å². The second kappa shape index (κ2) is 8.03. The SMILES string of the molecule is C[C@H](OC[C@@]1(N)[C@@H]2C[C@@H]2C[C@H]1OCc1ccc(F)cc1)OC(=O)C12CC3CC(CC(C3)C1)C2. The Morgan fingerprint density at radius 2 is 1.70 bits per heavy atom. The summed E-state index contributed by atoms with van der Waals surface area (Å²) in [5, 5.41) is 0. The van der Waals surface area contributed by atoms with E-state index in [2.05, 4.69) is 0 Å².